The number of likely N-dealkylation sites (tertiary alicyclic amines) is 1. The van der Waals surface area contributed by atoms with Crippen LogP contribution in [0.5, 0.6) is 0 Å². The van der Waals surface area contributed by atoms with Crippen molar-refractivity contribution in [2.45, 2.75) is 25.4 Å². The van der Waals surface area contributed by atoms with Gasteiger partial charge in [-0.15, -0.1) is 0 Å². The summed E-state index contributed by atoms with van der Waals surface area (Å²) in [5.74, 6) is -1.62. The van der Waals surface area contributed by atoms with Crippen LogP contribution in [0.1, 0.15) is 50.8 Å². The number of aromatic nitrogens is 5. The van der Waals surface area contributed by atoms with Crippen molar-refractivity contribution in [1.82, 2.24) is 45.2 Å². The van der Waals surface area contributed by atoms with Gasteiger partial charge in [-0.1, -0.05) is 17.7 Å². The van der Waals surface area contributed by atoms with Gasteiger partial charge in [-0.2, -0.15) is 18.3 Å². The quantitative estimate of drug-likeness (QED) is 0.129. The summed E-state index contributed by atoms with van der Waals surface area (Å²) in [6, 6.07) is 8.96. The highest BCUT2D eigenvalue weighted by molar-refractivity contribution is 6.34. The number of carbonyl (C=O) groups is 4. The van der Waals surface area contributed by atoms with Crippen LogP contribution in [0.15, 0.2) is 42.6 Å². The zero-order valence-electron chi connectivity index (χ0n) is 30.6. The Balaban J connectivity index is 0.950. The number of rotatable bonds is 11. The number of hydrogen-bond donors (Lipinski definition) is 6. The Morgan fingerprint density at radius 2 is 1.72 bits per heavy atom. The summed E-state index contributed by atoms with van der Waals surface area (Å²) in [5, 5.41) is 21.0. The zero-order valence-corrected chi connectivity index (χ0v) is 31.4. The van der Waals surface area contributed by atoms with Gasteiger partial charge in [0.15, 0.2) is 11.5 Å². The molecular formula is C37H41ClF3N11O5. The molecule has 20 heteroatoms. The molecule has 302 valence electrons. The van der Waals surface area contributed by atoms with Gasteiger partial charge in [-0.05, 0) is 81.2 Å². The highest BCUT2D eigenvalue weighted by atomic mass is 35.5. The average Bonchev–Trinajstić information content (AvgIpc) is 3.81. The fraction of sp³-hybridized carbons (Fsp3) is 0.432. The van der Waals surface area contributed by atoms with Crippen molar-refractivity contribution in [2.24, 2.45) is 17.8 Å². The Kier molecular flexibility index (Phi) is 11.5. The molecule has 1 aromatic carbocycles. The van der Waals surface area contributed by atoms with Gasteiger partial charge in [0, 0.05) is 61.7 Å². The molecule has 3 saturated heterocycles. The van der Waals surface area contributed by atoms with E-state index in [4.69, 9.17) is 22.4 Å². The van der Waals surface area contributed by atoms with Crippen molar-refractivity contribution in [3.63, 3.8) is 0 Å². The lowest BCUT2D eigenvalue weighted by Gasteiger charge is -2.45. The number of hydrogen-bond acceptors (Lipinski definition) is 10. The molecule has 0 radical (unpaired) electrons. The van der Waals surface area contributed by atoms with Crippen LogP contribution >= 0.6 is 11.6 Å². The van der Waals surface area contributed by atoms with E-state index in [9.17, 15) is 32.3 Å². The van der Waals surface area contributed by atoms with Crippen LogP contribution in [0, 0.1) is 17.8 Å². The van der Waals surface area contributed by atoms with Crippen molar-refractivity contribution >= 4 is 46.8 Å². The molecule has 6 heterocycles. The maximum atomic E-state index is 13.9. The van der Waals surface area contributed by atoms with Crippen molar-refractivity contribution in [3.8, 4) is 11.4 Å². The second-order valence-electron chi connectivity index (χ2n) is 14.5. The predicted octanol–water partition coefficient (Wildman–Crippen LogP) is 3.21. The first kappa shape index (κ1) is 39.7. The summed E-state index contributed by atoms with van der Waals surface area (Å²) < 4.78 is 41.6. The summed E-state index contributed by atoms with van der Waals surface area (Å²) in [7, 11) is 0. The summed E-state index contributed by atoms with van der Waals surface area (Å²) in [6.45, 7) is 4.18. The standard InChI is InChI=1S/C37H41ClF3N11O5/c38-26-15-22(46-34(55)33-44-18-23(45-33)14-25-31(27-2-1-3-28(42)47-27)48-49-32(25)37(39,40)41)4-5-24(26)35(56)51-10-12-52(13-11-51)36(57)30(21-16-43-17-21)20-6-8-50(9-7-20)19-29(53)54/h1-5,15,18,20-21,30,43H,6-14,16-17,19H2,(H2,42,47)(H,44,45)(H,46,55)(H,48,49)(H,53,54). The SMILES string of the molecule is Nc1cccc(-c2[nH]nc(C(F)(F)F)c2Cc2cnc(C(=O)Nc3ccc(C(=O)N4CCN(C(=O)C(C5CCN(CC(=O)O)CC5)C5CNC5)CC4)c(Cl)c3)[nH]2)n1. The number of aliphatic carboxylic acids is 1. The molecule has 3 amide bonds. The monoisotopic (exact) mass is 811 g/mol. The second-order valence-corrected chi connectivity index (χ2v) is 14.9. The lowest BCUT2D eigenvalue weighted by molar-refractivity contribution is -0.144. The first-order valence-corrected chi connectivity index (χ1v) is 18.9. The van der Waals surface area contributed by atoms with E-state index in [1.54, 1.807) is 11.0 Å². The van der Waals surface area contributed by atoms with Gasteiger partial charge in [0.25, 0.3) is 11.8 Å². The van der Waals surface area contributed by atoms with Crippen molar-refractivity contribution in [3.05, 3.63) is 76.0 Å². The normalized spacial score (nSPS) is 17.6. The van der Waals surface area contributed by atoms with E-state index < -0.39 is 23.7 Å². The molecule has 7 rings (SSSR count). The Bertz CT molecular complexity index is 2140. The highest BCUT2D eigenvalue weighted by Gasteiger charge is 2.42. The Morgan fingerprint density at radius 1 is 1.00 bits per heavy atom. The molecule has 16 nitrogen and oxygen atoms in total. The number of benzene rings is 1. The van der Waals surface area contributed by atoms with Gasteiger partial charge in [0.05, 0.1) is 28.5 Å². The molecule has 57 heavy (non-hydrogen) atoms. The summed E-state index contributed by atoms with van der Waals surface area (Å²) >= 11 is 6.54. The number of nitrogens with zero attached hydrogens (tertiary/aromatic N) is 6. The number of nitrogens with one attached hydrogen (secondary N) is 4. The van der Waals surface area contributed by atoms with E-state index in [0.717, 1.165) is 25.9 Å². The summed E-state index contributed by atoms with van der Waals surface area (Å²) in [5.41, 5.74) is 5.25. The number of nitrogen functional groups attached to an aromatic ring is 1. The lowest BCUT2D eigenvalue weighted by atomic mass is 9.73. The third-order valence-corrected chi connectivity index (χ3v) is 11.1. The number of H-pyrrole nitrogens is 2. The first-order chi connectivity index (χ1) is 27.2. The van der Waals surface area contributed by atoms with Gasteiger partial charge in [-0.3, -0.25) is 29.2 Å². The van der Waals surface area contributed by atoms with Gasteiger partial charge in [0.2, 0.25) is 5.91 Å². The fourth-order valence-corrected chi connectivity index (χ4v) is 8.07. The van der Waals surface area contributed by atoms with Crippen LogP contribution < -0.4 is 16.4 Å². The topological polar surface area (TPSA) is 219 Å². The number of carbonyl (C=O) groups excluding carboxylic acids is 3. The molecule has 3 aliphatic heterocycles. The van der Waals surface area contributed by atoms with Crippen molar-refractivity contribution in [1.29, 1.82) is 0 Å². The molecule has 0 spiro atoms. The minimum absolute atomic E-state index is 0.000239. The minimum atomic E-state index is -4.77. The maximum Gasteiger partial charge on any atom is 0.435 e. The highest BCUT2D eigenvalue weighted by Crippen LogP contribution is 2.37. The van der Waals surface area contributed by atoms with Gasteiger partial charge in [0.1, 0.15) is 5.82 Å². The van der Waals surface area contributed by atoms with Crippen LogP contribution in [0.2, 0.25) is 5.02 Å². The van der Waals surface area contributed by atoms with Gasteiger partial charge >= 0.3 is 12.1 Å². The smallest absolute Gasteiger partial charge is 0.435 e. The average molecular weight is 812 g/mol. The molecule has 0 bridgehead atoms. The number of imidazole rings is 1. The van der Waals surface area contributed by atoms with Gasteiger partial charge in [-0.25, -0.2) is 9.97 Å². The minimum Gasteiger partial charge on any atom is -0.480 e. The zero-order chi connectivity index (χ0) is 40.4. The van der Waals surface area contributed by atoms with E-state index in [1.165, 1.54) is 36.5 Å². The number of aromatic amines is 2. The van der Waals surface area contributed by atoms with Crippen LogP contribution in [0.25, 0.3) is 11.4 Å². The molecule has 1 unspecified atom stereocenters. The van der Waals surface area contributed by atoms with Crippen LogP contribution in [0.4, 0.5) is 24.7 Å². The third-order valence-electron chi connectivity index (χ3n) is 10.8. The fourth-order valence-electron chi connectivity index (χ4n) is 7.81. The number of nitrogens with two attached hydrogens (primary N) is 1. The molecule has 0 saturated carbocycles. The van der Waals surface area contributed by atoms with Crippen molar-refractivity contribution in [2.75, 3.05) is 70.0 Å². The molecule has 1 atom stereocenters. The van der Waals surface area contributed by atoms with E-state index in [0.29, 0.717) is 39.3 Å². The van der Waals surface area contributed by atoms with Crippen LogP contribution in [0.3, 0.4) is 0 Å². The number of amides is 3. The Labute approximate surface area is 329 Å². The Morgan fingerprint density at radius 3 is 2.35 bits per heavy atom. The van der Waals surface area contributed by atoms with E-state index in [2.05, 4.69) is 35.8 Å². The van der Waals surface area contributed by atoms with Crippen LogP contribution in [-0.2, 0) is 22.2 Å². The second kappa shape index (κ2) is 16.5. The van der Waals surface area contributed by atoms with Crippen molar-refractivity contribution < 1.29 is 37.5 Å². The van der Waals surface area contributed by atoms with Crippen LogP contribution in [-0.4, -0.2) is 128 Å². The van der Waals surface area contributed by atoms with E-state index in [-0.39, 0.29) is 93.1 Å². The third kappa shape index (κ3) is 8.89. The first-order valence-electron chi connectivity index (χ1n) is 18.5. The number of pyridine rings is 1. The summed E-state index contributed by atoms with van der Waals surface area (Å²) in [4.78, 5) is 68.0. The number of halogens is 4. The number of carboxylic acids is 1. The predicted molar refractivity (Wildman–Crippen MR) is 201 cm³/mol. The number of alkyl halides is 3. The van der Waals surface area contributed by atoms with Gasteiger partial charge < -0.3 is 36.3 Å². The van der Waals surface area contributed by atoms with E-state index >= 15 is 0 Å². The molecular weight excluding hydrogens is 771 g/mol. The largest absolute Gasteiger partial charge is 0.480 e. The lowest BCUT2D eigenvalue weighted by Crippen LogP contribution is -2.58. The number of piperazine rings is 1. The maximum absolute atomic E-state index is 13.9. The molecule has 3 aromatic heterocycles. The summed E-state index contributed by atoms with van der Waals surface area (Å²) in [6.07, 6.45) is -2.30. The number of carboxylic acid groups (broad SMARTS) is 1. The molecule has 4 aromatic rings. The number of anilines is 2. The molecule has 0 aliphatic carbocycles. The molecule has 3 fully saturated rings. The number of piperidine rings is 1. The molecule has 7 N–H and O–H groups in total. The molecule has 3 aliphatic rings. The van der Waals surface area contributed by atoms with E-state index in [1.807, 2.05) is 9.80 Å². The Hall–Kier alpha value is -5.53.